The van der Waals surface area contributed by atoms with Crippen LogP contribution in [0.3, 0.4) is 0 Å². The molecule has 2 aromatic rings. The molecule has 0 spiro atoms. The normalized spacial score (nSPS) is 10.6. The van der Waals surface area contributed by atoms with E-state index in [0.717, 1.165) is 5.39 Å². The highest BCUT2D eigenvalue weighted by atomic mass is 35.5. The van der Waals surface area contributed by atoms with Gasteiger partial charge in [-0.25, -0.2) is 0 Å². The average molecular weight is 211 g/mol. The van der Waals surface area contributed by atoms with Crippen molar-refractivity contribution in [1.82, 2.24) is 0 Å². The van der Waals surface area contributed by atoms with E-state index in [9.17, 15) is 4.79 Å². The molecule has 1 aromatic carbocycles. The third kappa shape index (κ3) is 1.46. The fraction of sp³-hybridized carbons (Fsp3) is 0.100. The molecule has 14 heavy (non-hydrogen) atoms. The fourth-order valence-electron chi connectivity index (χ4n) is 1.39. The van der Waals surface area contributed by atoms with Gasteiger partial charge in [0.1, 0.15) is 11.8 Å². The summed E-state index contributed by atoms with van der Waals surface area (Å²) in [6.07, 6.45) is 1.36. The maximum absolute atomic E-state index is 10.5. The molecule has 2 rings (SSSR count). The topological polar surface area (TPSA) is 50.4 Å². The number of benzene rings is 1. The van der Waals surface area contributed by atoms with E-state index < -0.39 is 5.97 Å². The molecule has 0 unspecified atom stereocenters. The van der Waals surface area contributed by atoms with Gasteiger partial charge in [-0.1, -0.05) is 23.7 Å². The highest BCUT2D eigenvalue weighted by Crippen LogP contribution is 2.28. The van der Waals surface area contributed by atoms with Gasteiger partial charge in [-0.2, -0.15) is 0 Å². The van der Waals surface area contributed by atoms with Crippen LogP contribution in [-0.2, 0) is 11.2 Å². The van der Waals surface area contributed by atoms with E-state index in [4.69, 9.17) is 21.1 Å². The second-order valence-corrected chi connectivity index (χ2v) is 3.36. The van der Waals surface area contributed by atoms with Crippen LogP contribution in [0.15, 0.2) is 28.9 Å². The summed E-state index contributed by atoms with van der Waals surface area (Å²) in [6.45, 7) is 0. The highest BCUT2D eigenvalue weighted by Gasteiger charge is 2.10. The number of hydrogen-bond acceptors (Lipinski definition) is 2. The van der Waals surface area contributed by atoms with Gasteiger partial charge in [0.05, 0.1) is 11.4 Å². The molecule has 0 aliphatic heterocycles. The maximum Gasteiger partial charge on any atom is 0.307 e. The van der Waals surface area contributed by atoms with E-state index in [2.05, 4.69) is 0 Å². The van der Waals surface area contributed by atoms with Gasteiger partial charge in [0.2, 0.25) is 0 Å². The van der Waals surface area contributed by atoms with E-state index in [-0.39, 0.29) is 6.42 Å². The second kappa shape index (κ2) is 3.35. The lowest BCUT2D eigenvalue weighted by atomic mass is 10.1. The minimum atomic E-state index is -0.884. The zero-order valence-corrected chi connectivity index (χ0v) is 7.91. The van der Waals surface area contributed by atoms with Gasteiger partial charge in [-0.15, -0.1) is 0 Å². The highest BCUT2D eigenvalue weighted by molar-refractivity contribution is 6.35. The number of furan rings is 1. The molecular weight excluding hydrogens is 204 g/mol. The zero-order valence-electron chi connectivity index (χ0n) is 7.16. The first kappa shape index (κ1) is 9.09. The van der Waals surface area contributed by atoms with Crippen LogP contribution in [0.1, 0.15) is 5.56 Å². The molecule has 3 nitrogen and oxygen atoms in total. The molecule has 0 saturated heterocycles. The van der Waals surface area contributed by atoms with E-state index in [1.165, 1.54) is 6.26 Å². The Kier molecular flexibility index (Phi) is 2.17. The third-order valence-electron chi connectivity index (χ3n) is 1.98. The minimum Gasteiger partial charge on any atom is -0.481 e. The van der Waals surface area contributed by atoms with E-state index >= 15 is 0 Å². The van der Waals surface area contributed by atoms with Crippen molar-refractivity contribution in [3.63, 3.8) is 0 Å². The van der Waals surface area contributed by atoms with Gasteiger partial charge in [0.15, 0.2) is 0 Å². The lowest BCUT2D eigenvalue weighted by Gasteiger charge is -1.97. The molecule has 0 fully saturated rings. The lowest BCUT2D eigenvalue weighted by Crippen LogP contribution is -1.99. The van der Waals surface area contributed by atoms with Crippen LogP contribution in [0.4, 0.5) is 0 Å². The SMILES string of the molecule is O=C(O)Cc1cccc2c(Cl)coc12. The predicted octanol–water partition coefficient (Wildman–Crippen LogP) is 2.71. The second-order valence-electron chi connectivity index (χ2n) is 2.95. The van der Waals surface area contributed by atoms with Gasteiger partial charge in [0.25, 0.3) is 0 Å². The van der Waals surface area contributed by atoms with Crippen molar-refractivity contribution >= 4 is 28.5 Å². The zero-order chi connectivity index (χ0) is 10.1. The van der Waals surface area contributed by atoms with Gasteiger partial charge in [0, 0.05) is 10.9 Å². The number of halogens is 1. The first-order chi connectivity index (χ1) is 6.68. The summed E-state index contributed by atoms with van der Waals surface area (Å²) in [5, 5.41) is 9.92. The van der Waals surface area contributed by atoms with Crippen molar-refractivity contribution in [2.45, 2.75) is 6.42 Å². The molecule has 4 heteroatoms. The summed E-state index contributed by atoms with van der Waals surface area (Å²) in [7, 11) is 0. The third-order valence-corrected chi connectivity index (χ3v) is 2.27. The summed E-state index contributed by atoms with van der Waals surface area (Å²) in [5.41, 5.74) is 1.20. The maximum atomic E-state index is 10.5. The first-order valence-electron chi connectivity index (χ1n) is 4.05. The number of hydrogen-bond donors (Lipinski definition) is 1. The Morgan fingerprint density at radius 2 is 2.29 bits per heavy atom. The number of rotatable bonds is 2. The summed E-state index contributed by atoms with van der Waals surface area (Å²) in [6, 6.07) is 5.28. The number of carboxylic acid groups (broad SMARTS) is 1. The van der Waals surface area contributed by atoms with E-state index in [1.54, 1.807) is 18.2 Å². The van der Waals surface area contributed by atoms with Crippen LogP contribution in [0.5, 0.6) is 0 Å². The number of aliphatic carboxylic acids is 1. The van der Waals surface area contributed by atoms with E-state index in [0.29, 0.717) is 16.2 Å². The number of fused-ring (bicyclic) bond motifs is 1. The van der Waals surface area contributed by atoms with Crippen molar-refractivity contribution < 1.29 is 14.3 Å². The van der Waals surface area contributed by atoms with Gasteiger partial charge in [-0.3, -0.25) is 4.79 Å². The quantitative estimate of drug-likeness (QED) is 0.829. The Morgan fingerprint density at radius 1 is 1.50 bits per heavy atom. The summed E-state index contributed by atoms with van der Waals surface area (Å²) >= 11 is 5.84. The first-order valence-corrected chi connectivity index (χ1v) is 4.42. The van der Waals surface area contributed by atoms with Crippen LogP contribution in [-0.4, -0.2) is 11.1 Å². The van der Waals surface area contributed by atoms with Gasteiger partial charge < -0.3 is 9.52 Å². The van der Waals surface area contributed by atoms with Crippen LogP contribution in [0, 0.1) is 0 Å². The molecule has 0 radical (unpaired) electrons. The monoisotopic (exact) mass is 210 g/mol. The molecule has 0 atom stereocenters. The van der Waals surface area contributed by atoms with Crippen LogP contribution in [0.25, 0.3) is 11.0 Å². The van der Waals surface area contributed by atoms with Crippen molar-refractivity contribution in [3.05, 3.63) is 35.0 Å². The molecule has 72 valence electrons. The number of carbonyl (C=O) groups is 1. The fourth-order valence-corrected chi connectivity index (χ4v) is 1.58. The largest absolute Gasteiger partial charge is 0.481 e. The molecule has 0 aliphatic carbocycles. The number of carboxylic acids is 1. The van der Waals surface area contributed by atoms with Crippen LogP contribution >= 0.6 is 11.6 Å². The standard InChI is InChI=1S/C10H7ClO3/c11-8-5-14-10-6(4-9(12)13)2-1-3-7(8)10/h1-3,5H,4H2,(H,12,13). The molecule has 1 heterocycles. The van der Waals surface area contributed by atoms with E-state index in [1.807, 2.05) is 0 Å². The van der Waals surface area contributed by atoms with Crippen molar-refractivity contribution in [2.75, 3.05) is 0 Å². The summed E-state index contributed by atoms with van der Waals surface area (Å²) in [5.74, 6) is -0.884. The predicted molar refractivity (Wildman–Crippen MR) is 52.6 cm³/mol. The molecule has 0 saturated carbocycles. The average Bonchev–Trinajstić information content (AvgIpc) is 2.49. The van der Waals surface area contributed by atoms with Crippen molar-refractivity contribution in [2.24, 2.45) is 0 Å². The minimum absolute atomic E-state index is 0.0544. The van der Waals surface area contributed by atoms with Crippen LogP contribution in [0.2, 0.25) is 5.02 Å². The Hall–Kier alpha value is -1.48. The van der Waals surface area contributed by atoms with Crippen molar-refractivity contribution in [3.8, 4) is 0 Å². The Balaban J connectivity index is 2.59. The molecule has 0 aliphatic rings. The summed E-state index contributed by atoms with van der Waals surface area (Å²) in [4.78, 5) is 10.5. The Morgan fingerprint density at radius 3 is 3.00 bits per heavy atom. The van der Waals surface area contributed by atoms with Crippen LogP contribution < -0.4 is 0 Å². The molecular formula is C10H7ClO3. The molecule has 1 aromatic heterocycles. The summed E-state index contributed by atoms with van der Waals surface area (Å²) < 4.78 is 5.19. The molecule has 1 N–H and O–H groups in total. The Labute approximate surface area is 84.9 Å². The molecule has 0 bridgehead atoms. The van der Waals surface area contributed by atoms with Gasteiger partial charge >= 0.3 is 5.97 Å². The van der Waals surface area contributed by atoms with Crippen molar-refractivity contribution in [1.29, 1.82) is 0 Å². The molecule has 0 amide bonds. The Bertz CT molecular complexity index is 487. The smallest absolute Gasteiger partial charge is 0.307 e. The number of para-hydroxylation sites is 1. The lowest BCUT2D eigenvalue weighted by molar-refractivity contribution is -0.136. The van der Waals surface area contributed by atoms with Gasteiger partial charge in [-0.05, 0) is 6.07 Å².